The van der Waals surface area contributed by atoms with Crippen LogP contribution in [0.25, 0.3) is 22.0 Å². The summed E-state index contributed by atoms with van der Waals surface area (Å²) in [6.07, 6.45) is 0. The molecule has 4 heteroatoms. The van der Waals surface area contributed by atoms with Crippen LogP contribution in [0.15, 0.2) is 48.5 Å². The molecule has 0 atom stereocenters. The van der Waals surface area contributed by atoms with Crippen LogP contribution in [0.5, 0.6) is 0 Å². The van der Waals surface area contributed by atoms with Gasteiger partial charge in [0.05, 0.1) is 5.52 Å². The molecule has 2 aromatic carbocycles. The summed E-state index contributed by atoms with van der Waals surface area (Å²) in [6, 6.07) is 15.1. The van der Waals surface area contributed by atoms with Crippen LogP contribution in [-0.2, 0) is 0 Å². The number of hydrogen-bond donors (Lipinski definition) is 2. The highest BCUT2D eigenvalue weighted by Gasteiger charge is 2.21. The molecule has 1 heterocycles. The van der Waals surface area contributed by atoms with E-state index in [1.165, 1.54) is 0 Å². The van der Waals surface area contributed by atoms with E-state index in [9.17, 15) is 9.90 Å². The first kappa shape index (κ1) is 13.1. The Kier molecular flexibility index (Phi) is 3.06. The molecule has 1 aromatic heterocycles. The van der Waals surface area contributed by atoms with Crippen LogP contribution in [0.2, 0.25) is 0 Å². The second kappa shape index (κ2) is 4.90. The van der Waals surface area contributed by atoms with Gasteiger partial charge in [-0.05, 0) is 24.1 Å². The van der Waals surface area contributed by atoms with Crippen molar-refractivity contribution in [1.29, 1.82) is 0 Å². The van der Waals surface area contributed by atoms with E-state index in [1.807, 2.05) is 55.5 Å². The maximum atomic E-state index is 11.7. The van der Waals surface area contributed by atoms with Crippen LogP contribution >= 0.6 is 0 Å². The second-order valence-electron chi connectivity index (χ2n) is 4.88. The standard InChI is InChI=1S/C17H14N2O2/c1-10-6-2-3-7-11(10)14-12-8-4-5-9-13(12)19-16(18)15(14)17(20)21/h2-9H,1H3,(H2,18,19)(H,20,21). The van der Waals surface area contributed by atoms with Gasteiger partial charge in [0, 0.05) is 10.9 Å². The van der Waals surface area contributed by atoms with Crippen LogP contribution < -0.4 is 5.73 Å². The number of fused-ring (bicyclic) bond motifs is 1. The van der Waals surface area contributed by atoms with E-state index >= 15 is 0 Å². The fraction of sp³-hybridized carbons (Fsp3) is 0.0588. The van der Waals surface area contributed by atoms with Crippen molar-refractivity contribution in [3.05, 3.63) is 59.7 Å². The molecule has 0 radical (unpaired) electrons. The van der Waals surface area contributed by atoms with Gasteiger partial charge in [0.2, 0.25) is 0 Å². The molecule has 4 nitrogen and oxygen atoms in total. The minimum absolute atomic E-state index is 0.0412. The molecular weight excluding hydrogens is 264 g/mol. The number of carboxylic acids is 1. The summed E-state index contributed by atoms with van der Waals surface area (Å²) in [6.45, 7) is 1.95. The largest absolute Gasteiger partial charge is 0.478 e. The average molecular weight is 278 g/mol. The molecule has 0 aliphatic heterocycles. The number of rotatable bonds is 2. The Balaban J connectivity index is 2.52. The Morgan fingerprint density at radius 1 is 1.10 bits per heavy atom. The maximum Gasteiger partial charge on any atom is 0.340 e. The van der Waals surface area contributed by atoms with Crippen molar-refractivity contribution in [2.75, 3.05) is 5.73 Å². The predicted molar refractivity (Wildman–Crippen MR) is 83.3 cm³/mol. The van der Waals surface area contributed by atoms with E-state index in [2.05, 4.69) is 4.98 Å². The van der Waals surface area contributed by atoms with Gasteiger partial charge in [-0.15, -0.1) is 0 Å². The van der Waals surface area contributed by atoms with Crippen LogP contribution in [0.4, 0.5) is 5.82 Å². The number of benzene rings is 2. The molecule has 0 fully saturated rings. The first-order valence-corrected chi connectivity index (χ1v) is 6.57. The van der Waals surface area contributed by atoms with Crippen LogP contribution in [0.3, 0.4) is 0 Å². The Morgan fingerprint density at radius 2 is 1.76 bits per heavy atom. The Labute approximate surface area is 121 Å². The van der Waals surface area contributed by atoms with Crippen molar-refractivity contribution in [2.45, 2.75) is 6.92 Å². The monoisotopic (exact) mass is 278 g/mol. The number of anilines is 1. The minimum atomic E-state index is -1.07. The second-order valence-corrected chi connectivity index (χ2v) is 4.88. The van der Waals surface area contributed by atoms with Gasteiger partial charge in [-0.2, -0.15) is 0 Å². The van der Waals surface area contributed by atoms with Crippen LogP contribution in [0, 0.1) is 6.92 Å². The maximum absolute atomic E-state index is 11.7. The Morgan fingerprint density at radius 3 is 2.48 bits per heavy atom. The zero-order chi connectivity index (χ0) is 15.0. The van der Waals surface area contributed by atoms with Crippen molar-refractivity contribution >= 4 is 22.7 Å². The average Bonchev–Trinajstić information content (AvgIpc) is 2.46. The number of aromatic nitrogens is 1. The molecule has 0 aliphatic rings. The zero-order valence-electron chi connectivity index (χ0n) is 11.5. The summed E-state index contributed by atoms with van der Waals surface area (Å²) >= 11 is 0. The molecule has 0 amide bonds. The third-order valence-corrected chi connectivity index (χ3v) is 3.55. The van der Waals surface area contributed by atoms with E-state index < -0.39 is 5.97 Å². The number of aromatic carboxylic acids is 1. The first-order chi connectivity index (χ1) is 10.1. The van der Waals surface area contributed by atoms with Crippen molar-refractivity contribution in [3.8, 4) is 11.1 Å². The lowest BCUT2D eigenvalue weighted by Crippen LogP contribution is -2.08. The van der Waals surface area contributed by atoms with Crippen LogP contribution in [-0.4, -0.2) is 16.1 Å². The number of nitrogens with zero attached hydrogens (tertiary/aromatic N) is 1. The Bertz CT molecular complexity index is 857. The van der Waals surface area contributed by atoms with E-state index in [4.69, 9.17) is 5.73 Å². The molecule has 0 saturated carbocycles. The summed E-state index contributed by atoms with van der Waals surface area (Å²) in [7, 11) is 0. The minimum Gasteiger partial charge on any atom is -0.478 e. The van der Waals surface area contributed by atoms with Crippen molar-refractivity contribution in [1.82, 2.24) is 4.98 Å². The topological polar surface area (TPSA) is 76.2 Å². The molecule has 3 aromatic rings. The van der Waals surface area contributed by atoms with E-state index in [0.717, 1.165) is 16.5 Å². The third-order valence-electron chi connectivity index (χ3n) is 3.55. The normalized spacial score (nSPS) is 10.7. The molecule has 3 N–H and O–H groups in total. The smallest absolute Gasteiger partial charge is 0.340 e. The number of nitrogen functional groups attached to an aromatic ring is 1. The summed E-state index contributed by atoms with van der Waals surface area (Å²) in [5.74, 6) is -1.02. The van der Waals surface area contributed by atoms with Gasteiger partial charge in [-0.3, -0.25) is 0 Å². The lowest BCUT2D eigenvalue weighted by molar-refractivity contribution is 0.0698. The molecule has 0 aliphatic carbocycles. The quantitative estimate of drug-likeness (QED) is 0.752. The number of pyridine rings is 1. The molecule has 3 rings (SSSR count). The fourth-order valence-electron chi connectivity index (χ4n) is 2.58. The lowest BCUT2D eigenvalue weighted by atomic mass is 9.93. The molecular formula is C17H14N2O2. The third kappa shape index (κ3) is 2.10. The fourth-order valence-corrected chi connectivity index (χ4v) is 2.58. The zero-order valence-corrected chi connectivity index (χ0v) is 11.5. The van der Waals surface area contributed by atoms with Gasteiger partial charge >= 0.3 is 5.97 Å². The molecule has 0 spiro atoms. The van der Waals surface area contributed by atoms with Gasteiger partial charge < -0.3 is 10.8 Å². The highest BCUT2D eigenvalue weighted by molar-refractivity contribution is 6.10. The van der Waals surface area contributed by atoms with E-state index in [0.29, 0.717) is 11.1 Å². The summed E-state index contributed by atoms with van der Waals surface area (Å²) in [5.41, 5.74) is 9.12. The van der Waals surface area contributed by atoms with Crippen molar-refractivity contribution < 1.29 is 9.90 Å². The summed E-state index contributed by atoms with van der Waals surface area (Å²) in [4.78, 5) is 15.9. The molecule has 0 unspecified atom stereocenters. The van der Waals surface area contributed by atoms with Crippen molar-refractivity contribution in [3.63, 3.8) is 0 Å². The highest BCUT2D eigenvalue weighted by atomic mass is 16.4. The summed E-state index contributed by atoms with van der Waals surface area (Å²) in [5, 5.41) is 10.3. The molecule has 0 bridgehead atoms. The van der Waals surface area contributed by atoms with Gasteiger partial charge in [-0.25, -0.2) is 9.78 Å². The number of hydrogen-bond acceptors (Lipinski definition) is 3. The van der Waals surface area contributed by atoms with Gasteiger partial charge in [-0.1, -0.05) is 42.5 Å². The number of carboxylic acid groups (broad SMARTS) is 1. The van der Waals surface area contributed by atoms with Crippen LogP contribution in [0.1, 0.15) is 15.9 Å². The van der Waals surface area contributed by atoms with Crippen molar-refractivity contribution in [2.24, 2.45) is 0 Å². The highest BCUT2D eigenvalue weighted by Crippen LogP contribution is 2.35. The molecule has 21 heavy (non-hydrogen) atoms. The Hall–Kier alpha value is -2.88. The SMILES string of the molecule is Cc1ccccc1-c1c(C(=O)O)c(N)nc2ccccc12. The number of aryl methyl sites for hydroxylation is 1. The van der Waals surface area contributed by atoms with E-state index in [1.54, 1.807) is 0 Å². The predicted octanol–water partition coefficient (Wildman–Crippen LogP) is 3.49. The lowest BCUT2D eigenvalue weighted by Gasteiger charge is -2.14. The first-order valence-electron chi connectivity index (χ1n) is 6.57. The summed E-state index contributed by atoms with van der Waals surface area (Å²) < 4.78 is 0. The number of nitrogens with two attached hydrogens (primary N) is 1. The molecule has 0 saturated heterocycles. The number of carbonyl (C=O) groups is 1. The molecule has 104 valence electrons. The number of para-hydroxylation sites is 1. The van der Waals surface area contributed by atoms with Gasteiger partial charge in [0.25, 0.3) is 0 Å². The van der Waals surface area contributed by atoms with Gasteiger partial charge in [0.1, 0.15) is 11.4 Å². The van der Waals surface area contributed by atoms with Gasteiger partial charge in [0.15, 0.2) is 0 Å². The van der Waals surface area contributed by atoms with E-state index in [-0.39, 0.29) is 11.4 Å².